The number of methoxy groups -OCH3 is 1. The average Bonchev–Trinajstić information content (AvgIpc) is 2.84. The quantitative estimate of drug-likeness (QED) is 0.855. The molecule has 0 amide bonds. The molecule has 1 aromatic rings. The number of hydrogen-bond donors (Lipinski definition) is 1. The van der Waals surface area contributed by atoms with Crippen LogP contribution in [0, 0.1) is 5.82 Å². The zero-order valence-electron chi connectivity index (χ0n) is 11.8. The number of ether oxygens (including phenoxy) is 1. The van der Waals surface area contributed by atoms with Crippen LogP contribution in [0.25, 0.3) is 0 Å². The second-order valence-electron chi connectivity index (χ2n) is 5.04. The molecule has 1 heterocycles. The van der Waals surface area contributed by atoms with E-state index in [-0.39, 0.29) is 5.82 Å². The first-order valence-electron chi connectivity index (χ1n) is 7.01. The van der Waals surface area contributed by atoms with Crippen LogP contribution in [0.15, 0.2) is 18.2 Å². The van der Waals surface area contributed by atoms with E-state index in [2.05, 4.69) is 17.1 Å². The van der Waals surface area contributed by atoms with Crippen LogP contribution in [0.3, 0.4) is 0 Å². The summed E-state index contributed by atoms with van der Waals surface area (Å²) in [6.07, 6.45) is 2.46. The molecule has 1 unspecified atom stereocenters. The second kappa shape index (κ2) is 6.87. The highest BCUT2D eigenvalue weighted by Gasteiger charge is 2.24. The molecule has 4 heteroatoms. The summed E-state index contributed by atoms with van der Waals surface area (Å²) in [6, 6.07) is 5.82. The molecule has 0 radical (unpaired) electrons. The van der Waals surface area contributed by atoms with Crippen molar-refractivity contribution in [1.82, 2.24) is 10.2 Å². The number of rotatable bonds is 6. The van der Waals surface area contributed by atoms with E-state index >= 15 is 0 Å². The number of nitrogens with zero attached hydrogens (tertiary/aromatic N) is 1. The van der Waals surface area contributed by atoms with Gasteiger partial charge in [0.15, 0.2) is 11.6 Å². The van der Waals surface area contributed by atoms with Gasteiger partial charge in [0.2, 0.25) is 0 Å². The van der Waals surface area contributed by atoms with Crippen molar-refractivity contribution in [2.75, 3.05) is 26.7 Å². The topological polar surface area (TPSA) is 24.5 Å². The summed E-state index contributed by atoms with van der Waals surface area (Å²) in [5, 5.41) is 3.40. The highest BCUT2D eigenvalue weighted by atomic mass is 19.1. The van der Waals surface area contributed by atoms with E-state index in [0.717, 1.165) is 31.7 Å². The highest BCUT2D eigenvalue weighted by Crippen LogP contribution is 2.22. The van der Waals surface area contributed by atoms with Gasteiger partial charge < -0.3 is 10.1 Å². The molecular weight excluding hydrogens is 243 g/mol. The molecule has 1 aromatic carbocycles. The fourth-order valence-electron chi connectivity index (χ4n) is 2.69. The number of hydrogen-bond acceptors (Lipinski definition) is 3. The minimum absolute atomic E-state index is 0.276. The molecule has 0 aliphatic carbocycles. The average molecular weight is 266 g/mol. The predicted octanol–water partition coefficient (Wildman–Crippen LogP) is 2.41. The lowest BCUT2D eigenvalue weighted by Gasteiger charge is -2.24. The fourth-order valence-corrected chi connectivity index (χ4v) is 2.69. The van der Waals surface area contributed by atoms with Gasteiger partial charge in [-0.3, -0.25) is 4.90 Å². The first-order valence-corrected chi connectivity index (χ1v) is 7.01. The van der Waals surface area contributed by atoms with E-state index in [1.165, 1.54) is 20.0 Å². The lowest BCUT2D eigenvalue weighted by Crippen LogP contribution is -2.37. The summed E-state index contributed by atoms with van der Waals surface area (Å²) >= 11 is 0. The minimum atomic E-state index is -0.276. The van der Waals surface area contributed by atoms with Crippen molar-refractivity contribution in [2.24, 2.45) is 0 Å². The second-order valence-corrected chi connectivity index (χ2v) is 5.04. The summed E-state index contributed by atoms with van der Waals surface area (Å²) in [6.45, 7) is 6.06. The van der Waals surface area contributed by atoms with Crippen molar-refractivity contribution in [3.05, 3.63) is 29.6 Å². The standard InChI is InChI=1S/C15H23FN2O/c1-3-17-10-13-5-4-8-18(13)11-12-6-7-15(19-2)14(16)9-12/h6-7,9,13,17H,3-5,8,10-11H2,1-2H3. The van der Waals surface area contributed by atoms with Crippen molar-refractivity contribution in [3.63, 3.8) is 0 Å². The molecule has 3 nitrogen and oxygen atoms in total. The Hall–Kier alpha value is -1.13. The largest absolute Gasteiger partial charge is 0.494 e. The predicted molar refractivity (Wildman–Crippen MR) is 74.9 cm³/mol. The number of likely N-dealkylation sites (N-methyl/N-ethyl adjacent to an activating group) is 1. The van der Waals surface area contributed by atoms with Gasteiger partial charge in [-0.2, -0.15) is 0 Å². The molecule has 1 aliphatic heterocycles. The monoisotopic (exact) mass is 266 g/mol. The van der Waals surface area contributed by atoms with Gasteiger partial charge in [-0.25, -0.2) is 4.39 Å². The van der Waals surface area contributed by atoms with Crippen LogP contribution in [0.4, 0.5) is 4.39 Å². The van der Waals surface area contributed by atoms with Crippen LogP contribution in [0.5, 0.6) is 5.75 Å². The molecule has 0 bridgehead atoms. The number of benzene rings is 1. The van der Waals surface area contributed by atoms with Gasteiger partial charge in [0.05, 0.1) is 7.11 Å². The summed E-state index contributed by atoms with van der Waals surface area (Å²) in [7, 11) is 1.49. The van der Waals surface area contributed by atoms with E-state index in [1.54, 1.807) is 12.1 Å². The SMILES string of the molecule is CCNCC1CCCN1Cc1ccc(OC)c(F)c1. The lowest BCUT2D eigenvalue weighted by atomic mass is 10.1. The molecule has 2 rings (SSSR count). The summed E-state index contributed by atoms with van der Waals surface area (Å²) < 4.78 is 18.6. The van der Waals surface area contributed by atoms with E-state index in [0.29, 0.717) is 11.8 Å². The number of likely N-dealkylation sites (tertiary alicyclic amines) is 1. The van der Waals surface area contributed by atoms with Crippen molar-refractivity contribution in [2.45, 2.75) is 32.4 Å². The molecule has 1 saturated heterocycles. The van der Waals surface area contributed by atoms with Gasteiger partial charge >= 0.3 is 0 Å². The van der Waals surface area contributed by atoms with E-state index in [1.807, 2.05) is 6.07 Å². The van der Waals surface area contributed by atoms with Crippen LogP contribution in [0.2, 0.25) is 0 Å². The number of halogens is 1. The van der Waals surface area contributed by atoms with Gasteiger partial charge in [0, 0.05) is 19.1 Å². The van der Waals surface area contributed by atoms with Crippen LogP contribution in [0.1, 0.15) is 25.3 Å². The molecule has 1 fully saturated rings. The molecule has 1 atom stereocenters. The third-order valence-electron chi connectivity index (χ3n) is 3.73. The summed E-state index contributed by atoms with van der Waals surface area (Å²) in [5.74, 6) is 0.0387. The molecular formula is C15H23FN2O. The van der Waals surface area contributed by atoms with Crippen LogP contribution < -0.4 is 10.1 Å². The summed E-state index contributed by atoms with van der Waals surface area (Å²) in [4.78, 5) is 2.43. The molecule has 106 valence electrons. The molecule has 19 heavy (non-hydrogen) atoms. The van der Waals surface area contributed by atoms with Crippen LogP contribution >= 0.6 is 0 Å². The first-order chi connectivity index (χ1) is 9.24. The smallest absolute Gasteiger partial charge is 0.165 e. The third-order valence-corrected chi connectivity index (χ3v) is 3.73. The number of nitrogens with one attached hydrogen (secondary N) is 1. The van der Waals surface area contributed by atoms with Crippen molar-refractivity contribution in [3.8, 4) is 5.75 Å². The maximum Gasteiger partial charge on any atom is 0.165 e. The Balaban J connectivity index is 1.97. The Kier molecular flexibility index (Phi) is 5.16. The van der Waals surface area contributed by atoms with E-state index < -0.39 is 0 Å². The van der Waals surface area contributed by atoms with Crippen LogP contribution in [-0.4, -0.2) is 37.7 Å². The third kappa shape index (κ3) is 3.67. The zero-order chi connectivity index (χ0) is 13.7. The Labute approximate surface area is 114 Å². The maximum atomic E-state index is 13.7. The molecule has 1 N–H and O–H groups in total. The summed E-state index contributed by atoms with van der Waals surface area (Å²) in [5.41, 5.74) is 1.02. The van der Waals surface area contributed by atoms with Gasteiger partial charge in [0.1, 0.15) is 0 Å². The van der Waals surface area contributed by atoms with Gasteiger partial charge in [-0.15, -0.1) is 0 Å². The Morgan fingerprint density at radius 1 is 1.47 bits per heavy atom. The maximum absolute atomic E-state index is 13.7. The Morgan fingerprint density at radius 3 is 3.00 bits per heavy atom. The molecule has 0 spiro atoms. The van der Waals surface area contributed by atoms with Crippen LogP contribution in [-0.2, 0) is 6.54 Å². The molecule has 0 aromatic heterocycles. The Bertz CT molecular complexity index is 411. The lowest BCUT2D eigenvalue weighted by molar-refractivity contribution is 0.239. The van der Waals surface area contributed by atoms with Crippen molar-refractivity contribution < 1.29 is 9.13 Å². The van der Waals surface area contributed by atoms with Gasteiger partial charge in [-0.1, -0.05) is 13.0 Å². The minimum Gasteiger partial charge on any atom is -0.494 e. The Morgan fingerprint density at radius 2 is 2.32 bits per heavy atom. The normalized spacial score (nSPS) is 19.8. The van der Waals surface area contributed by atoms with Gasteiger partial charge in [0.25, 0.3) is 0 Å². The molecule has 1 aliphatic rings. The van der Waals surface area contributed by atoms with E-state index in [9.17, 15) is 4.39 Å². The van der Waals surface area contributed by atoms with Gasteiger partial charge in [-0.05, 0) is 43.6 Å². The molecule has 0 saturated carbocycles. The first kappa shape index (κ1) is 14.3. The van der Waals surface area contributed by atoms with Crippen molar-refractivity contribution >= 4 is 0 Å². The van der Waals surface area contributed by atoms with E-state index in [4.69, 9.17) is 4.74 Å². The highest BCUT2D eigenvalue weighted by molar-refractivity contribution is 5.29. The van der Waals surface area contributed by atoms with Crippen molar-refractivity contribution in [1.29, 1.82) is 0 Å². The zero-order valence-corrected chi connectivity index (χ0v) is 11.8. The fraction of sp³-hybridized carbons (Fsp3) is 0.600.